The lowest BCUT2D eigenvalue weighted by atomic mass is 10.1. The van der Waals surface area contributed by atoms with E-state index in [1.54, 1.807) is 13.0 Å². The minimum Gasteiger partial charge on any atom is -0.462 e. The van der Waals surface area contributed by atoms with E-state index >= 15 is 0 Å². The van der Waals surface area contributed by atoms with Crippen LogP contribution < -0.4 is 5.32 Å². The largest absolute Gasteiger partial charge is 0.462 e. The Bertz CT molecular complexity index is 1280. The van der Waals surface area contributed by atoms with Gasteiger partial charge in [-0.2, -0.15) is 0 Å². The third kappa shape index (κ3) is 4.28. The molecular weight excluding hydrogens is 432 g/mol. The predicted molar refractivity (Wildman–Crippen MR) is 124 cm³/mol. The van der Waals surface area contributed by atoms with Crippen molar-refractivity contribution in [2.75, 3.05) is 17.7 Å². The second kappa shape index (κ2) is 9.07. The highest BCUT2D eigenvalue weighted by Crippen LogP contribution is 2.30. The molecule has 3 heterocycles. The summed E-state index contributed by atoms with van der Waals surface area (Å²) in [5.74, 6) is -0.495. The van der Waals surface area contributed by atoms with Crippen molar-refractivity contribution in [1.29, 1.82) is 0 Å². The van der Waals surface area contributed by atoms with Crippen LogP contribution in [0.5, 0.6) is 0 Å². The summed E-state index contributed by atoms with van der Waals surface area (Å²) in [5.41, 5.74) is 3.27. The van der Waals surface area contributed by atoms with Gasteiger partial charge < -0.3 is 10.1 Å². The smallest absolute Gasteiger partial charge is 0.341 e. The van der Waals surface area contributed by atoms with Gasteiger partial charge in [0.2, 0.25) is 5.91 Å². The molecule has 0 saturated carbocycles. The molecule has 7 nitrogen and oxygen atoms in total. The number of thioether (sulfide) groups is 1. The van der Waals surface area contributed by atoms with Gasteiger partial charge in [0, 0.05) is 10.3 Å². The average Bonchev–Trinajstić information content (AvgIpc) is 3.36. The molecule has 0 spiro atoms. The second-order valence-electron chi connectivity index (χ2n) is 6.89. The lowest BCUT2D eigenvalue weighted by Gasteiger charge is -2.08. The number of aromatic nitrogens is 3. The SMILES string of the molecule is CCOC(=O)c1cc(CC)sc1NC(=O)CSc1nnc2cc(C)c3ccccc3n12. The lowest BCUT2D eigenvalue weighted by molar-refractivity contribution is -0.113. The Kier molecular flexibility index (Phi) is 6.24. The third-order valence-electron chi connectivity index (χ3n) is 4.79. The zero-order valence-electron chi connectivity index (χ0n) is 17.5. The number of hydrogen-bond acceptors (Lipinski definition) is 7. The molecular formula is C22H22N4O3S2. The van der Waals surface area contributed by atoms with Gasteiger partial charge in [0.05, 0.1) is 23.4 Å². The number of fused-ring (bicyclic) bond motifs is 3. The van der Waals surface area contributed by atoms with E-state index in [0.29, 0.717) is 15.7 Å². The van der Waals surface area contributed by atoms with Gasteiger partial charge in [0.25, 0.3) is 0 Å². The van der Waals surface area contributed by atoms with E-state index in [1.807, 2.05) is 42.5 Å². The van der Waals surface area contributed by atoms with Crippen molar-refractivity contribution in [2.24, 2.45) is 0 Å². The number of benzene rings is 1. The first-order valence-electron chi connectivity index (χ1n) is 9.97. The Balaban J connectivity index is 1.54. The molecule has 0 unspecified atom stereocenters. The van der Waals surface area contributed by atoms with Crippen LogP contribution in [0.15, 0.2) is 41.6 Å². The molecule has 1 aromatic carbocycles. The maximum atomic E-state index is 12.7. The van der Waals surface area contributed by atoms with Gasteiger partial charge >= 0.3 is 5.97 Å². The van der Waals surface area contributed by atoms with Crippen molar-refractivity contribution < 1.29 is 14.3 Å². The van der Waals surface area contributed by atoms with Crippen molar-refractivity contribution in [3.05, 3.63) is 52.4 Å². The Morgan fingerprint density at radius 1 is 1.19 bits per heavy atom. The number of thiophene rings is 1. The van der Waals surface area contributed by atoms with Gasteiger partial charge in [-0.05, 0) is 44.0 Å². The van der Waals surface area contributed by atoms with Crippen LogP contribution in [-0.4, -0.2) is 38.8 Å². The number of carbonyl (C=O) groups is 2. The topological polar surface area (TPSA) is 85.6 Å². The molecule has 0 saturated heterocycles. The summed E-state index contributed by atoms with van der Waals surface area (Å²) in [5, 5.41) is 13.7. The molecule has 0 radical (unpaired) electrons. The summed E-state index contributed by atoms with van der Waals surface area (Å²) in [4.78, 5) is 25.9. The lowest BCUT2D eigenvalue weighted by Crippen LogP contribution is -2.16. The fraction of sp³-hybridized carbons (Fsp3) is 0.273. The van der Waals surface area contributed by atoms with Crippen molar-refractivity contribution >= 4 is 56.5 Å². The summed E-state index contributed by atoms with van der Waals surface area (Å²) in [6.45, 7) is 6.09. The van der Waals surface area contributed by atoms with Crippen molar-refractivity contribution in [1.82, 2.24) is 14.6 Å². The number of nitrogens with one attached hydrogen (secondary N) is 1. The summed E-state index contributed by atoms with van der Waals surface area (Å²) < 4.78 is 7.08. The number of ether oxygens (including phenoxy) is 1. The van der Waals surface area contributed by atoms with Gasteiger partial charge in [-0.3, -0.25) is 9.20 Å². The summed E-state index contributed by atoms with van der Waals surface area (Å²) in [6, 6.07) is 11.8. The van der Waals surface area contributed by atoms with Crippen LogP contribution in [0.2, 0.25) is 0 Å². The minimum absolute atomic E-state index is 0.143. The Labute approximate surface area is 187 Å². The number of amides is 1. The van der Waals surface area contributed by atoms with Crippen LogP contribution in [0, 0.1) is 6.92 Å². The van der Waals surface area contributed by atoms with Crippen molar-refractivity contribution in [3.8, 4) is 0 Å². The first-order chi connectivity index (χ1) is 15.0. The van der Waals surface area contributed by atoms with E-state index in [1.165, 1.54) is 23.1 Å². The quantitative estimate of drug-likeness (QED) is 0.321. The van der Waals surface area contributed by atoms with E-state index < -0.39 is 5.97 Å². The zero-order valence-corrected chi connectivity index (χ0v) is 19.1. The van der Waals surface area contributed by atoms with Gasteiger partial charge in [-0.25, -0.2) is 4.79 Å². The monoisotopic (exact) mass is 454 g/mol. The maximum Gasteiger partial charge on any atom is 0.341 e. The van der Waals surface area contributed by atoms with E-state index in [-0.39, 0.29) is 18.3 Å². The Morgan fingerprint density at radius 2 is 2.00 bits per heavy atom. The van der Waals surface area contributed by atoms with Crippen LogP contribution in [-0.2, 0) is 16.0 Å². The predicted octanol–water partition coefficient (Wildman–Crippen LogP) is 4.72. The number of para-hydroxylation sites is 1. The minimum atomic E-state index is -0.424. The number of rotatable bonds is 7. The van der Waals surface area contributed by atoms with E-state index in [4.69, 9.17) is 4.74 Å². The van der Waals surface area contributed by atoms with E-state index in [9.17, 15) is 9.59 Å². The standard InChI is InChI=1S/C22H22N4O3S2/c1-4-14-11-16(21(28)29-5-2)20(31-14)23-19(27)12-30-22-25-24-18-10-13(3)15-8-6-7-9-17(15)26(18)22/h6-11H,4-5,12H2,1-3H3,(H,23,27). The summed E-state index contributed by atoms with van der Waals surface area (Å²) in [7, 11) is 0. The molecule has 0 aliphatic heterocycles. The molecule has 4 rings (SSSR count). The highest BCUT2D eigenvalue weighted by atomic mass is 32.2. The van der Waals surface area contributed by atoms with Crippen LogP contribution in [0.3, 0.4) is 0 Å². The average molecular weight is 455 g/mol. The maximum absolute atomic E-state index is 12.7. The highest BCUT2D eigenvalue weighted by molar-refractivity contribution is 7.99. The van der Waals surface area contributed by atoms with Gasteiger partial charge in [-0.15, -0.1) is 21.5 Å². The number of nitrogens with zero attached hydrogens (tertiary/aromatic N) is 3. The fourth-order valence-electron chi connectivity index (χ4n) is 3.33. The number of anilines is 1. The molecule has 160 valence electrons. The molecule has 0 aliphatic carbocycles. The number of pyridine rings is 1. The molecule has 1 amide bonds. The molecule has 0 bridgehead atoms. The van der Waals surface area contributed by atoms with Crippen molar-refractivity contribution in [2.45, 2.75) is 32.3 Å². The Morgan fingerprint density at radius 3 is 2.77 bits per heavy atom. The third-order valence-corrected chi connectivity index (χ3v) is 6.91. The molecule has 1 N–H and O–H groups in total. The number of esters is 1. The van der Waals surface area contributed by atoms with E-state index in [2.05, 4.69) is 21.6 Å². The molecule has 3 aromatic heterocycles. The molecule has 0 aliphatic rings. The summed E-state index contributed by atoms with van der Waals surface area (Å²) >= 11 is 2.70. The number of hydrogen-bond donors (Lipinski definition) is 1. The van der Waals surface area contributed by atoms with Crippen LogP contribution >= 0.6 is 23.1 Å². The van der Waals surface area contributed by atoms with Gasteiger partial charge in [0.15, 0.2) is 10.8 Å². The zero-order chi connectivity index (χ0) is 22.0. The number of aryl methyl sites for hydroxylation is 2. The van der Waals surface area contributed by atoms with E-state index in [0.717, 1.165) is 33.4 Å². The molecule has 4 aromatic rings. The highest BCUT2D eigenvalue weighted by Gasteiger charge is 2.19. The molecule has 0 fully saturated rings. The Hall–Kier alpha value is -2.91. The van der Waals surface area contributed by atoms with Gasteiger partial charge in [-0.1, -0.05) is 36.9 Å². The molecule has 31 heavy (non-hydrogen) atoms. The number of carbonyl (C=O) groups excluding carboxylic acids is 2. The summed E-state index contributed by atoms with van der Waals surface area (Å²) in [6.07, 6.45) is 0.778. The second-order valence-corrected chi connectivity index (χ2v) is 8.97. The fourth-order valence-corrected chi connectivity index (χ4v) is 5.08. The normalized spacial score (nSPS) is 11.2. The first kappa shape index (κ1) is 21.3. The van der Waals surface area contributed by atoms with Crippen molar-refractivity contribution in [3.63, 3.8) is 0 Å². The molecule has 9 heteroatoms. The van der Waals surface area contributed by atoms with Crippen LogP contribution in [0.1, 0.15) is 34.6 Å². The van der Waals surface area contributed by atoms with Crippen LogP contribution in [0.4, 0.5) is 5.00 Å². The van der Waals surface area contributed by atoms with Crippen LogP contribution in [0.25, 0.3) is 16.6 Å². The first-order valence-corrected chi connectivity index (χ1v) is 11.8. The molecule has 0 atom stereocenters. The van der Waals surface area contributed by atoms with Gasteiger partial charge in [0.1, 0.15) is 5.00 Å².